The Balaban J connectivity index is 1.24. The average Bonchev–Trinajstić information content (AvgIpc) is 3.46. The second kappa shape index (κ2) is 9.05. The zero-order valence-electron chi connectivity index (χ0n) is 18.1. The number of para-hydroxylation sites is 2. The molecule has 34 heavy (non-hydrogen) atoms. The van der Waals surface area contributed by atoms with Crippen LogP contribution < -0.4 is 5.32 Å². The minimum Gasteiger partial charge on any atom is -0.349 e. The molecule has 1 N–H and O–H groups in total. The number of fused-ring (bicyclic) bond motifs is 1. The lowest BCUT2D eigenvalue weighted by Gasteiger charge is -2.34. The molecule has 7 nitrogen and oxygen atoms in total. The van der Waals surface area contributed by atoms with Crippen LogP contribution in [0, 0.1) is 0 Å². The normalized spacial score (nSPS) is 15.1. The lowest BCUT2D eigenvalue weighted by atomic mass is 9.96. The molecule has 1 aliphatic heterocycles. The molecule has 2 aromatic carbocycles. The van der Waals surface area contributed by atoms with E-state index in [1.807, 2.05) is 40.0 Å². The van der Waals surface area contributed by atoms with Crippen LogP contribution in [0.5, 0.6) is 0 Å². The summed E-state index contributed by atoms with van der Waals surface area (Å²) < 4.78 is 43.8. The summed E-state index contributed by atoms with van der Waals surface area (Å²) in [5.41, 5.74) is 1.03. The third kappa shape index (κ3) is 4.47. The molecule has 0 saturated carbocycles. The molecule has 0 bridgehead atoms. The van der Waals surface area contributed by atoms with Gasteiger partial charge in [-0.05, 0) is 49.3 Å². The van der Waals surface area contributed by atoms with Crippen molar-refractivity contribution in [1.29, 1.82) is 0 Å². The van der Waals surface area contributed by atoms with Crippen LogP contribution in [-0.2, 0) is 12.8 Å². The van der Waals surface area contributed by atoms with E-state index in [0.29, 0.717) is 24.9 Å². The predicted octanol–water partition coefficient (Wildman–Crippen LogP) is 4.73. The number of piperidine rings is 1. The Morgan fingerprint density at radius 1 is 1.06 bits per heavy atom. The van der Waals surface area contributed by atoms with E-state index in [4.69, 9.17) is 12.2 Å². The predicted molar refractivity (Wildman–Crippen MR) is 126 cm³/mol. The molecule has 0 spiro atoms. The number of alkyl halides is 3. The fourth-order valence-electron chi connectivity index (χ4n) is 4.34. The van der Waals surface area contributed by atoms with E-state index in [1.165, 1.54) is 12.1 Å². The minimum absolute atomic E-state index is 0.0299. The number of anilines is 1. The molecule has 1 aliphatic rings. The molecule has 0 atom stereocenters. The van der Waals surface area contributed by atoms with E-state index in [2.05, 4.69) is 25.2 Å². The molecule has 0 aliphatic carbocycles. The molecule has 1 saturated heterocycles. The van der Waals surface area contributed by atoms with Crippen molar-refractivity contribution in [3.63, 3.8) is 0 Å². The number of nitrogens with one attached hydrogen (secondary N) is 1. The summed E-state index contributed by atoms with van der Waals surface area (Å²) in [4.78, 5) is 6.50. The van der Waals surface area contributed by atoms with Gasteiger partial charge in [-0.15, -0.1) is 5.10 Å². The van der Waals surface area contributed by atoms with E-state index in [-0.39, 0.29) is 11.6 Å². The van der Waals surface area contributed by atoms with Crippen LogP contribution in [0.15, 0.2) is 60.9 Å². The van der Waals surface area contributed by atoms with Crippen LogP contribution in [-0.4, -0.2) is 47.6 Å². The average molecular weight is 486 g/mol. The van der Waals surface area contributed by atoms with Gasteiger partial charge in [0, 0.05) is 31.4 Å². The largest absolute Gasteiger partial charge is 0.418 e. The number of rotatable bonds is 4. The number of imidazole rings is 1. The Hall–Kier alpha value is -3.47. The van der Waals surface area contributed by atoms with E-state index < -0.39 is 11.7 Å². The Morgan fingerprint density at radius 2 is 1.79 bits per heavy atom. The van der Waals surface area contributed by atoms with Crippen molar-refractivity contribution in [3.05, 3.63) is 72.3 Å². The van der Waals surface area contributed by atoms with Gasteiger partial charge in [0.05, 0.1) is 16.8 Å². The Morgan fingerprint density at radius 3 is 2.59 bits per heavy atom. The summed E-state index contributed by atoms with van der Waals surface area (Å²) in [6, 6.07) is 13.2. The van der Waals surface area contributed by atoms with Gasteiger partial charge in [0.15, 0.2) is 5.11 Å². The molecule has 4 aromatic rings. The van der Waals surface area contributed by atoms with Gasteiger partial charge in [-0.2, -0.15) is 13.2 Å². The van der Waals surface area contributed by atoms with Crippen molar-refractivity contribution >= 4 is 34.1 Å². The van der Waals surface area contributed by atoms with Crippen molar-refractivity contribution in [3.8, 4) is 0 Å². The van der Waals surface area contributed by atoms with E-state index in [1.54, 1.807) is 12.3 Å². The number of thiocarbonyl (C=S) groups is 1. The second-order valence-electron chi connectivity index (χ2n) is 8.21. The third-order valence-electron chi connectivity index (χ3n) is 6.08. The van der Waals surface area contributed by atoms with Crippen LogP contribution >= 0.6 is 12.2 Å². The first-order valence-corrected chi connectivity index (χ1v) is 11.3. The smallest absolute Gasteiger partial charge is 0.349 e. The molecular weight excluding hydrogens is 463 g/mol. The molecule has 0 amide bonds. The number of nitrogens with zero attached hydrogens (tertiary/aromatic N) is 6. The first kappa shape index (κ1) is 22.3. The fourth-order valence-corrected chi connectivity index (χ4v) is 4.63. The number of aromatic nitrogens is 5. The SMILES string of the molecule is FC(F)(F)c1ccccc1NC(=S)N1CCC(c2nccn2Cn2nnc3ccccc32)CC1. The van der Waals surface area contributed by atoms with Crippen molar-refractivity contribution in [2.45, 2.75) is 31.6 Å². The first-order valence-electron chi connectivity index (χ1n) is 10.9. The monoisotopic (exact) mass is 485 g/mol. The van der Waals surface area contributed by atoms with Gasteiger partial charge < -0.3 is 14.8 Å². The molecule has 11 heteroatoms. The number of hydrogen-bond donors (Lipinski definition) is 1. The fraction of sp³-hybridized carbons (Fsp3) is 0.304. The van der Waals surface area contributed by atoms with Crippen LogP contribution in [0.2, 0.25) is 0 Å². The van der Waals surface area contributed by atoms with Crippen molar-refractivity contribution in [2.24, 2.45) is 0 Å². The lowest BCUT2D eigenvalue weighted by molar-refractivity contribution is -0.136. The summed E-state index contributed by atoms with van der Waals surface area (Å²) in [7, 11) is 0. The highest BCUT2D eigenvalue weighted by Gasteiger charge is 2.34. The van der Waals surface area contributed by atoms with Gasteiger partial charge in [-0.3, -0.25) is 0 Å². The van der Waals surface area contributed by atoms with Crippen molar-refractivity contribution < 1.29 is 13.2 Å². The molecule has 5 rings (SSSR count). The van der Waals surface area contributed by atoms with Crippen LogP contribution in [0.1, 0.15) is 30.1 Å². The van der Waals surface area contributed by atoms with Crippen LogP contribution in [0.3, 0.4) is 0 Å². The summed E-state index contributed by atoms with van der Waals surface area (Å²) in [6.07, 6.45) is 0.841. The maximum absolute atomic E-state index is 13.3. The van der Waals surface area contributed by atoms with Gasteiger partial charge in [0.2, 0.25) is 0 Å². The number of halogens is 3. The van der Waals surface area contributed by atoms with E-state index >= 15 is 0 Å². The Bertz CT molecular complexity index is 1310. The highest BCUT2D eigenvalue weighted by molar-refractivity contribution is 7.80. The lowest BCUT2D eigenvalue weighted by Crippen LogP contribution is -2.41. The second-order valence-corrected chi connectivity index (χ2v) is 8.60. The van der Waals surface area contributed by atoms with Gasteiger partial charge in [-0.1, -0.05) is 29.5 Å². The topological polar surface area (TPSA) is 63.8 Å². The molecule has 3 heterocycles. The van der Waals surface area contributed by atoms with Gasteiger partial charge >= 0.3 is 6.18 Å². The summed E-state index contributed by atoms with van der Waals surface area (Å²) >= 11 is 5.43. The molecule has 1 fully saturated rings. The van der Waals surface area contributed by atoms with Crippen LogP contribution in [0.4, 0.5) is 18.9 Å². The third-order valence-corrected chi connectivity index (χ3v) is 6.44. The molecule has 0 unspecified atom stereocenters. The number of likely N-dealkylation sites (tertiary alicyclic amines) is 1. The number of benzene rings is 2. The standard InChI is InChI=1S/C23H22F3N7S/c24-23(25,26)17-5-1-2-6-18(17)28-22(34)31-12-9-16(10-13-31)21-27-11-14-32(21)15-33-20-8-4-3-7-19(20)29-30-33/h1-8,11,14,16H,9-10,12-13,15H2,(H,28,34). The van der Waals surface area contributed by atoms with Gasteiger partial charge in [0.25, 0.3) is 0 Å². The van der Waals surface area contributed by atoms with Gasteiger partial charge in [-0.25, -0.2) is 9.67 Å². The first-order chi connectivity index (χ1) is 16.4. The zero-order chi connectivity index (χ0) is 23.7. The zero-order valence-corrected chi connectivity index (χ0v) is 18.9. The summed E-state index contributed by atoms with van der Waals surface area (Å²) in [5, 5.41) is 11.6. The minimum atomic E-state index is -4.45. The molecule has 176 valence electrons. The van der Waals surface area contributed by atoms with Crippen LogP contribution in [0.25, 0.3) is 11.0 Å². The highest BCUT2D eigenvalue weighted by Crippen LogP contribution is 2.35. The van der Waals surface area contributed by atoms with E-state index in [9.17, 15) is 13.2 Å². The molecular formula is C23H22F3N7S. The summed E-state index contributed by atoms with van der Waals surface area (Å²) in [5.74, 6) is 1.17. The van der Waals surface area contributed by atoms with Crippen molar-refractivity contribution in [2.75, 3.05) is 18.4 Å². The maximum atomic E-state index is 13.3. The molecule has 2 aromatic heterocycles. The van der Waals surface area contributed by atoms with E-state index in [0.717, 1.165) is 35.8 Å². The quantitative estimate of drug-likeness (QED) is 0.422. The Labute approximate surface area is 199 Å². The Kier molecular flexibility index (Phi) is 5.94. The summed E-state index contributed by atoms with van der Waals surface area (Å²) in [6.45, 7) is 1.76. The maximum Gasteiger partial charge on any atom is 0.418 e. The highest BCUT2D eigenvalue weighted by atomic mass is 32.1. The number of hydrogen-bond acceptors (Lipinski definition) is 4. The van der Waals surface area contributed by atoms with Gasteiger partial charge in [0.1, 0.15) is 18.0 Å². The molecule has 0 radical (unpaired) electrons. The van der Waals surface area contributed by atoms with Crippen molar-refractivity contribution in [1.82, 2.24) is 29.4 Å².